The average Bonchev–Trinajstić information content (AvgIpc) is 2.50. The van der Waals surface area contributed by atoms with Gasteiger partial charge in [-0.15, -0.1) is 0 Å². The number of likely N-dealkylation sites (tertiary alicyclic amines) is 1. The Kier molecular flexibility index (Phi) is 3.38. The van der Waals surface area contributed by atoms with Crippen LogP contribution in [0, 0.1) is 5.92 Å². The predicted molar refractivity (Wildman–Crippen MR) is 64.4 cm³/mol. The molecule has 1 aliphatic heterocycles. The van der Waals surface area contributed by atoms with Gasteiger partial charge in [0.15, 0.2) is 0 Å². The number of aromatic nitrogens is 1. The van der Waals surface area contributed by atoms with Gasteiger partial charge in [0, 0.05) is 36.3 Å². The molecule has 1 aromatic rings. The Morgan fingerprint density at radius 3 is 2.87 bits per heavy atom. The molecule has 1 fully saturated rings. The van der Waals surface area contributed by atoms with Gasteiger partial charge in [0.25, 0.3) is 0 Å². The van der Waals surface area contributed by atoms with E-state index in [0.29, 0.717) is 12.0 Å². The molecule has 0 spiro atoms. The van der Waals surface area contributed by atoms with Crippen molar-refractivity contribution in [3.63, 3.8) is 0 Å². The molecular weight excluding hydrogens is 254 g/mol. The van der Waals surface area contributed by atoms with Gasteiger partial charge in [-0.05, 0) is 34.0 Å². The van der Waals surface area contributed by atoms with Gasteiger partial charge in [0.2, 0.25) is 0 Å². The summed E-state index contributed by atoms with van der Waals surface area (Å²) in [6, 6.07) is 4.40. The number of nitrogens with zero attached hydrogens (tertiary/aromatic N) is 2. The highest BCUT2D eigenvalue weighted by molar-refractivity contribution is 9.10. The standard InChI is InChI=1S/C11H16BrN3/c1-8-5-15(7-11(8)13)6-10-3-2-9(12)4-14-10/h2-4,8,11H,5-7,13H2,1H3. The molecule has 0 aromatic carbocycles. The summed E-state index contributed by atoms with van der Waals surface area (Å²) in [4.78, 5) is 6.73. The highest BCUT2D eigenvalue weighted by Crippen LogP contribution is 2.17. The first kappa shape index (κ1) is 11.0. The monoisotopic (exact) mass is 269 g/mol. The molecular formula is C11H16BrN3. The van der Waals surface area contributed by atoms with E-state index in [0.717, 1.165) is 29.8 Å². The van der Waals surface area contributed by atoms with Gasteiger partial charge >= 0.3 is 0 Å². The number of nitrogens with two attached hydrogens (primary N) is 1. The summed E-state index contributed by atoms with van der Waals surface area (Å²) in [5.41, 5.74) is 7.09. The normalized spacial score (nSPS) is 27.1. The third kappa shape index (κ3) is 2.77. The quantitative estimate of drug-likeness (QED) is 0.888. The molecule has 1 aliphatic rings. The molecule has 82 valence electrons. The molecule has 3 nitrogen and oxygen atoms in total. The van der Waals surface area contributed by atoms with Crippen molar-refractivity contribution in [1.82, 2.24) is 9.88 Å². The second-order valence-electron chi connectivity index (χ2n) is 4.30. The van der Waals surface area contributed by atoms with Gasteiger partial charge in [-0.1, -0.05) is 6.92 Å². The first-order valence-corrected chi connectivity index (χ1v) is 6.03. The smallest absolute Gasteiger partial charge is 0.0544 e. The fourth-order valence-electron chi connectivity index (χ4n) is 1.95. The van der Waals surface area contributed by atoms with Crippen LogP contribution >= 0.6 is 15.9 Å². The second-order valence-corrected chi connectivity index (χ2v) is 5.22. The summed E-state index contributed by atoms with van der Waals surface area (Å²) in [5, 5.41) is 0. The molecule has 1 aromatic heterocycles. The van der Waals surface area contributed by atoms with E-state index >= 15 is 0 Å². The Balaban J connectivity index is 1.95. The molecule has 2 atom stereocenters. The van der Waals surface area contributed by atoms with Gasteiger partial charge in [0.05, 0.1) is 5.69 Å². The van der Waals surface area contributed by atoms with Gasteiger partial charge in [-0.25, -0.2) is 0 Å². The van der Waals surface area contributed by atoms with Crippen molar-refractivity contribution in [1.29, 1.82) is 0 Å². The van der Waals surface area contributed by atoms with Crippen molar-refractivity contribution >= 4 is 15.9 Å². The summed E-state index contributed by atoms with van der Waals surface area (Å²) in [5.74, 6) is 0.598. The summed E-state index contributed by atoms with van der Waals surface area (Å²) in [7, 11) is 0. The second kappa shape index (κ2) is 4.60. The molecule has 0 saturated carbocycles. The van der Waals surface area contributed by atoms with E-state index in [1.54, 1.807) is 0 Å². The Morgan fingerprint density at radius 1 is 1.53 bits per heavy atom. The van der Waals surface area contributed by atoms with Crippen molar-refractivity contribution in [2.75, 3.05) is 13.1 Å². The van der Waals surface area contributed by atoms with E-state index in [1.807, 2.05) is 12.3 Å². The van der Waals surface area contributed by atoms with Crippen molar-refractivity contribution < 1.29 is 0 Å². The Morgan fingerprint density at radius 2 is 2.33 bits per heavy atom. The molecule has 2 heterocycles. The zero-order chi connectivity index (χ0) is 10.8. The molecule has 0 bridgehead atoms. The van der Waals surface area contributed by atoms with Gasteiger partial charge in [-0.3, -0.25) is 9.88 Å². The first-order chi connectivity index (χ1) is 7.15. The van der Waals surface area contributed by atoms with E-state index in [2.05, 4.69) is 38.8 Å². The molecule has 15 heavy (non-hydrogen) atoms. The summed E-state index contributed by atoms with van der Waals surface area (Å²) < 4.78 is 1.03. The van der Waals surface area contributed by atoms with E-state index in [1.165, 1.54) is 0 Å². The Bertz CT molecular complexity index is 315. The zero-order valence-electron chi connectivity index (χ0n) is 8.86. The van der Waals surface area contributed by atoms with Crippen LogP contribution in [-0.4, -0.2) is 29.0 Å². The number of pyridine rings is 1. The van der Waals surface area contributed by atoms with Gasteiger partial charge in [0.1, 0.15) is 0 Å². The van der Waals surface area contributed by atoms with Crippen LogP contribution in [0.2, 0.25) is 0 Å². The third-order valence-electron chi connectivity index (χ3n) is 2.92. The van der Waals surface area contributed by atoms with Crippen LogP contribution < -0.4 is 5.73 Å². The fraction of sp³-hybridized carbons (Fsp3) is 0.545. The molecule has 0 aliphatic carbocycles. The largest absolute Gasteiger partial charge is 0.326 e. The molecule has 0 radical (unpaired) electrons. The van der Waals surface area contributed by atoms with E-state index in [9.17, 15) is 0 Å². The lowest BCUT2D eigenvalue weighted by molar-refractivity contribution is 0.315. The maximum atomic E-state index is 5.98. The van der Waals surface area contributed by atoms with Crippen LogP contribution in [0.4, 0.5) is 0 Å². The van der Waals surface area contributed by atoms with E-state index in [4.69, 9.17) is 5.73 Å². The van der Waals surface area contributed by atoms with Crippen LogP contribution in [-0.2, 0) is 6.54 Å². The van der Waals surface area contributed by atoms with Crippen LogP contribution in [0.3, 0.4) is 0 Å². The van der Waals surface area contributed by atoms with Crippen molar-refractivity contribution in [2.24, 2.45) is 11.7 Å². The molecule has 1 saturated heterocycles. The predicted octanol–water partition coefficient (Wildman–Crippen LogP) is 1.62. The lowest BCUT2D eigenvalue weighted by atomic mass is 10.1. The Hall–Kier alpha value is -0.450. The van der Waals surface area contributed by atoms with Crippen LogP contribution in [0.5, 0.6) is 0 Å². The zero-order valence-corrected chi connectivity index (χ0v) is 10.4. The minimum Gasteiger partial charge on any atom is -0.326 e. The van der Waals surface area contributed by atoms with Crippen molar-refractivity contribution in [2.45, 2.75) is 19.5 Å². The molecule has 2 N–H and O–H groups in total. The average molecular weight is 270 g/mol. The van der Waals surface area contributed by atoms with Crippen LogP contribution in [0.25, 0.3) is 0 Å². The van der Waals surface area contributed by atoms with E-state index in [-0.39, 0.29) is 0 Å². The number of halogens is 1. The van der Waals surface area contributed by atoms with Crippen molar-refractivity contribution in [3.8, 4) is 0 Å². The molecule has 4 heteroatoms. The Labute approximate surface area is 98.8 Å². The highest BCUT2D eigenvalue weighted by atomic mass is 79.9. The maximum absolute atomic E-state index is 5.98. The van der Waals surface area contributed by atoms with Crippen molar-refractivity contribution in [3.05, 3.63) is 28.5 Å². The van der Waals surface area contributed by atoms with Crippen LogP contribution in [0.1, 0.15) is 12.6 Å². The maximum Gasteiger partial charge on any atom is 0.0544 e. The lowest BCUT2D eigenvalue weighted by Gasteiger charge is -2.14. The highest BCUT2D eigenvalue weighted by Gasteiger charge is 2.26. The molecule has 2 unspecified atom stereocenters. The third-order valence-corrected chi connectivity index (χ3v) is 3.39. The summed E-state index contributed by atoms with van der Waals surface area (Å²) >= 11 is 3.38. The molecule has 0 amide bonds. The summed E-state index contributed by atoms with van der Waals surface area (Å²) in [6.07, 6.45) is 1.84. The summed E-state index contributed by atoms with van der Waals surface area (Å²) in [6.45, 7) is 5.18. The first-order valence-electron chi connectivity index (χ1n) is 5.23. The van der Waals surface area contributed by atoms with Crippen LogP contribution in [0.15, 0.2) is 22.8 Å². The van der Waals surface area contributed by atoms with E-state index < -0.39 is 0 Å². The minimum atomic E-state index is 0.320. The number of rotatable bonds is 2. The van der Waals surface area contributed by atoms with Gasteiger partial charge in [-0.2, -0.15) is 0 Å². The van der Waals surface area contributed by atoms with Gasteiger partial charge < -0.3 is 5.73 Å². The SMILES string of the molecule is CC1CN(Cc2ccc(Br)cn2)CC1N. The lowest BCUT2D eigenvalue weighted by Crippen LogP contribution is -2.28. The molecule has 2 rings (SSSR count). The number of hydrogen-bond acceptors (Lipinski definition) is 3. The minimum absolute atomic E-state index is 0.320. The topological polar surface area (TPSA) is 42.2 Å². The number of hydrogen-bond donors (Lipinski definition) is 1. The fourth-order valence-corrected chi connectivity index (χ4v) is 2.19.